The van der Waals surface area contributed by atoms with Gasteiger partial charge in [-0.3, -0.25) is 0 Å². The first-order valence-electron chi connectivity index (χ1n) is 6.52. The van der Waals surface area contributed by atoms with Gasteiger partial charge in [-0.15, -0.1) is 0 Å². The number of likely N-dealkylation sites (tertiary alicyclic amines) is 1. The van der Waals surface area contributed by atoms with Gasteiger partial charge in [0.05, 0.1) is 17.1 Å². The zero-order valence-corrected chi connectivity index (χ0v) is 10.2. The van der Waals surface area contributed by atoms with Crippen LogP contribution in [0.3, 0.4) is 0 Å². The summed E-state index contributed by atoms with van der Waals surface area (Å²) in [5.74, 6) is 0. The Kier molecular flexibility index (Phi) is 3.23. The summed E-state index contributed by atoms with van der Waals surface area (Å²) in [6, 6.07) is 2.45. The Morgan fingerprint density at radius 1 is 1.19 bits per heavy atom. The molecule has 1 heterocycles. The number of piperidine rings is 1. The van der Waals surface area contributed by atoms with Gasteiger partial charge in [0, 0.05) is 13.1 Å². The van der Waals surface area contributed by atoms with Crippen LogP contribution in [-0.2, 0) is 0 Å². The third-order valence-corrected chi connectivity index (χ3v) is 4.69. The summed E-state index contributed by atoms with van der Waals surface area (Å²) >= 11 is 0. The van der Waals surface area contributed by atoms with E-state index in [1.807, 2.05) is 0 Å². The average molecular weight is 222 g/mol. The molecule has 1 aliphatic carbocycles. The van der Waals surface area contributed by atoms with Crippen molar-refractivity contribution in [3.05, 3.63) is 0 Å². The molecule has 3 heteroatoms. The zero-order chi connectivity index (χ0) is 11.6. The van der Waals surface area contributed by atoms with Gasteiger partial charge in [0.15, 0.2) is 0 Å². The Labute approximate surface area is 98.1 Å². The van der Waals surface area contributed by atoms with Gasteiger partial charge in [-0.25, -0.2) is 0 Å². The molecular formula is C13H22N2O. The molecule has 2 aliphatic rings. The molecular weight excluding hydrogens is 200 g/mol. The first kappa shape index (κ1) is 11.9. The van der Waals surface area contributed by atoms with Crippen LogP contribution in [0, 0.1) is 16.7 Å². The molecule has 1 aliphatic heterocycles. The van der Waals surface area contributed by atoms with Gasteiger partial charge in [-0.1, -0.05) is 19.8 Å². The zero-order valence-electron chi connectivity index (χ0n) is 10.2. The van der Waals surface area contributed by atoms with Crippen molar-refractivity contribution in [1.29, 1.82) is 5.26 Å². The third kappa shape index (κ3) is 1.74. The number of nitriles is 1. The summed E-state index contributed by atoms with van der Waals surface area (Å²) < 4.78 is 0. The smallest absolute Gasteiger partial charge is 0.0861 e. The number of nitrogens with zero attached hydrogens (tertiary/aromatic N) is 2. The molecule has 0 radical (unpaired) electrons. The lowest BCUT2D eigenvalue weighted by molar-refractivity contribution is -0.0941. The SMILES string of the molecule is CCN1CCC(O)(C2(C#N)CCCC2)CC1. The molecule has 2 rings (SSSR count). The molecule has 0 aromatic rings. The lowest BCUT2D eigenvalue weighted by Gasteiger charge is -2.45. The molecule has 2 fully saturated rings. The second-order valence-electron chi connectivity index (χ2n) is 5.37. The maximum atomic E-state index is 10.8. The van der Waals surface area contributed by atoms with Crippen LogP contribution in [0.1, 0.15) is 45.4 Å². The summed E-state index contributed by atoms with van der Waals surface area (Å²) in [5, 5.41) is 20.2. The molecule has 0 atom stereocenters. The first-order chi connectivity index (χ1) is 7.66. The molecule has 0 bridgehead atoms. The minimum absolute atomic E-state index is 0.438. The monoisotopic (exact) mass is 222 g/mol. The van der Waals surface area contributed by atoms with Crippen LogP contribution >= 0.6 is 0 Å². The van der Waals surface area contributed by atoms with E-state index in [9.17, 15) is 10.4 Å². The largest absolute Gasteiger partial charge is 0.388 e. The Morgan fingerprint density at radius 3 is 2.19 bits per heavy atom. The van der Waals surface area contributed by atoms with Crippen molar-refractivity contribution in [1.82, 2.24) is 4.90 Å². The van der Waals surface area contributed by atoms with Crippen molar-refractivity contribution >= 4 is 0 Å². The van der Waals surface area contributed by atoms with E-state index < -0.39 is 11.0 Å². The molecule has 1 saturated carbocycles. The molecule has 0 spiro atoms. The summed E-state index contributed by atoms with van der Waals surface area (Å²) in [4.78, 5) is 2.36. The Hall–Kier alpha value is -0.590. The van der Waals surface area contributed by atoms with Gasteiger partial charge in [0.2, 0.25) is 0 Å². The van der Waals surface area contributed by atoms with E-state index >= 15 is 0 Å². The second-order valence-corrected chi connectivity index (χ2v) is 5.37. The van der Waals surface area contributed by atoms with E-state index in [4.69, 9.17) is 0 Å². The standard InChI is InChI=1S/C13H22N2O/c1-2-15-9-7-13(16,8-10-15)12(11-14)5-3-4-6-12/h16H,2-10H2,1H3. The molecule has 1 saturated heterocycles. The number of aliphatic hydroxyl groups is 1. The molecule has 3 nitrogen and oxygen atoms in total. The average Bonchev–Trinajstić information content (AvgIpc) is 2.80. The van der Waals surface area contributed by atoms with E-state index in [0.717, 1.165) is 58.2 Å². The van der Waals surface area contributed by atoms with Gasteiger partial charge in [-0.05, 0) is 32.2 Å². The van der Waals surface area contributed by atoms with Crippen LogP contribution in [0.15, 0.2) is 0 Å². The fourth-order valence-electron chi connectivity index (χ4n) is 3.38. The van der Waals surface area contributed by atoms with Gasteiger partial charge in [0.1, 0.15) is 0 Å². The third-order valence-electron chi connectivity index (χ3n) is 4.69. The van der Waals surface area contributed by atoms with Crippen LogP contribution in [-0.4, -0.2) is 35.2 Å². The maximum Gasteiger partial charge on any atom is 0.0861 e. The van der Waals surface area contributed by atoms with Crippen molar-refractivity contribution in [2.75, 3.05) is 19.6 Å². The van der Waals surface area contributed by atoms with Crippen molar-refractivity contribution in [3.63, 3.8) is 0 Å². The molecule has 1 N–H and O–H groups in total. The van der Waals surface area contributed by atoms with Crippen molar-refractivity contribution in [2.45, 2.75) is 51.0 Å². The first-order valence-corrected chi connectivity index (χ1v) is 6.52. The normalized spacial score (nSPS) is 28.8. The van der Waals surface area contributed by atoms with Crippen molar-refractivity contribution in [3.8, 4) is 6.07 Å². The van der Waals surface area contributed by atoms with E-state index in [0.29, 0.717) is 0 Å². The van der Waals surface area contributed by atoms with Crippen LogP contribution in [0.5, 0.6) is 0 Å². The highest BCUT2D eigenvalue weighted by molar-refractivity contribution is 5.14. The second kappa shape index (κ2) is 4.35. The fourth-order valence-corrected chi connectivity index (χ4v) is 3.38. The maximum absolute atomic E-state index is 10.8. The Bertz CT molecular complexity index is 281. The van der Waals surface area contributed by atoms with Crippen LogP contribution in [0.25, 0.3) is 0 Å². The summed E-state index contributed by atoms with van der Waals surface area (Å²) in [6.07, 6.45) is 5.54. The summed E-state index contributed by atoms with van der Waals surface area (Å²) in [5.41, 5.74) is -1.16. The van der Waals surface area contributed by atoms with E-state index in [2.05, 4.69) is 17.9 Å². The van der Waals surface area contributed by atoms with Crippen LogP contribution in [0.2, 0.25) is 0 Å². The topological polar surface area (TPSA) is 47.3 Å². The fraction of sp³-hybridized carbons (Fsp3) is 0.923. The minimum atomic E-state index is -0.718. The Morgan fingerprint density at radius 2 is 1.75 bits per heavy atom. The molecule has 0 aromatic heterocycles. The molecule has 0 unspecified atom stereocenters. The number of hydrogen-bond acceptors (Lipinski definition) is 3. The predicted octanol–water partition coefficient (Wildman–Crippen LogP) is 1.92. The van der Waals surface area contributed by atoms with Crippen molar-refractivity contribution in [2.24, 2.45) is 5.41 Å². The predicted molar refractivity (Wildman–Crippen MR) is 62.8 cm³/mol. The number of rotatable bonds is 2. The van der Waals surface area contributed by atoms with E-state index in [1.54, 1.807) is 0 Å². The molecule has 16 heavy (non-hydrogen) atoms. The van der Waals surface area contributed by atoms with E-state index in [1.165, 1.54) is 0 Å². The van der Waals surface area contributed by atoms with Gasteiger partial charge < -0.3 is 10.0 Å². The molecule has 0 aromatic carbocycles. The highest BCUT2D eigenvalue weighted by atomic mass is 16.3. The van der Waals surface area contributed by atoms with Gasteiger partial charge >= 0.3 is 0 Å². The highest BCUT2D eigenvalue weighted by Gasteiger charge is 2.52. The lowest BCUT2D eigenvalue weighted by atomic mass is 9.67. The van der Waals surface area contributed by atoms with Crippen molar-refractivity contribution < 1.29 is 5.11 Å². The van der Waals surface area contributed by atoms with Crippen LogP contribution < -0.4 is 0 Å². The Balaban J connectivity index is 2.11. The highest BCUT2D eigenvalue weighted by Crippen LogP contribution is 2.50. The molecule has 90 valence electrons. The lowest BCUT2D eigenvalue weighted by Crippen LogP contribution is -2.53. The van der Waals surface area contributed by atoms with Crippen LogP contribution in [0.4, 0.5) is 0 Å². The van der Waals surface area contributed by atoms with E-state index in [-0.39, 0.29) is 0 Å². The summed E-state index contributed by atoms with van der Waals surface area (Å²) in [7, 11) is 0. The van der Waals surface area contributed by atoms with Gasteiger partial charge in [-0.2, -0.15) is 5.26 Å². The number of hydrogen-bond donors (Lipinski definition) is 1. The molecule has 0 amide bonds. The summed E-state index contributed by atoms with van der Waals surface area (Å²) in [6.45, 7) is 5.09. The van der Waals surface area contributed by atoms with Gasteiger partial charge in [0.25, 0.3) is 0 Å². The quantitative estimate of drug-likeness (QED) is 0.776. The minimum Gasteiger partial charge on any atom is -0.388 e.